The van der Waals surface area contributed by atoms with Gasteiger partial charge in [0.2, 0.25) is 0 Å². The normalized spacial score (nSPS) is 14.4. The van der Waals surface area contributed by atoms with E-state index in [1.807, 2.05) is 0 Å². The van der Waals surface area contributed by atoms with Gasteiger partial charge in [-0.2, -0.15) is 0 Å². The summed E-state index contributed by atoms with van der Waals surface area (Å²) in [7, 11) is 3.81. The van der Waals surface area contributed by atoms with Crippen LogP contribution in [0.2, 0.25) is 0 Å². The zero-order chi connectivity index (χ0) is 14.4. The molecular weight excluding hydrogens is 258 g/mol. The van der Waals surface area contributed by atoms with Crippen LogP contribution in [-0.2, 0) is 4.74 Å². The van der Waals surface area contributed by atoms with Gasteiger partial charge in [0.15, 0.2) is 5.13 Å². The highest BCUT2D eigenvalue weighted by Gasteiger charge is 2.18. The molecule has 0 saturated carbocycles. The number of hydrogen-bond acceptors (Lipinski definition) is 5. The highest BCUT2D eigenvalue weighted by molar-refractivity contribution is 7.15. The molecule has 0 aromatic carbocycles. The van der Waals surface area contributed by atoms with Gasteiger partial charge in [0.05, 0.1) is 18.3 Å². The highest BCUT2D eigenvalue weighted by Crippen LogP contribution is 2.30. The predicted molar refractivity (Wildman–Crippen MR) is 83.3 cm³/mol. The maximum atomic E-state index is 5.21. The van der Waals surface area contributed by atoms with Crippen LogP contribution in [0.1, 0.15) is 43.8 Å². The summed E-state index contributed by atoms with van der Waals surface area (Å²) in [4.78, 5) is 8.22. The zero-order valence-electron chi connectivity index (χ0n) is 13.0. The Bertz CT molecular complexity index is 381. The standard InChI is InChI=1S/C14H27N3OS/c1-7-8-15-11(3)13-12(4)16-14(19-13)17(5)10(2)9-18-6/h10-11,15H,7-9H2,1-6H3. The number of nitrogens with zero attached hydrogens (tertiary/aromatic N) is 2. The van der Waals surface area contributed by atoms with Crippen molar-refractivity contribution in [1.82, 2.24) is 10.3 Å². The van der Waals surface area contributed by atoms with E-state index >= 15 is 0 Å². The lowest BCUT2D eigenvalue weighted by molar-refractivity contribution is 0.183. The molecule has 19 heavy (non-hydrogen) atoms. The molecule has 0 saturated heterocycles. The van der Waals surface area contributed by atoms with Gasteiger partial charge in [0.1, 0.15) is 0 Å². The maximum Gasteiger partial charge on any atom is 0.185 e. The predicted octanol–water partition coefficient (Wildman–Crippen LogP) is 2.98. The summed E-state index contributed by atoms with van der Waals surface area (Å²) >= 11 is 1.78. The van der Waals surface area contributed by atoms with Crippen LogP contribution < -0.4 is 10.2 Å². The molecule has 0 radical (unpaired) electrons. The number of nitrogens with one attached hydrogen (secondary N) is 1. The molecule has 2 unspecified atom stereocenters. The minimum absolute atomic E-state index is 0.335. The largest absolute Gasteiger partial charge is 0.383 e. The molecule has 0 aliphatic rings. The Morgan fingerprint density at radius 1 is 1.42 bits per heavy atom. The smallest absolute Gasteiger partial charge is 0.185 e. The first-order chi connectivity index (χ1) is 9.01. The Kier molecular flexibility index (Phi) is 6.75. The van der Waals surface area contributed by atoms with Crippen LogP contribution in [0.4, 0.5) is 5.13 Å². The van der Waals surface area contributed by atoms with Crippen molar-refractivity contribution < 1.29 is 4.74 Å². The molecule has 0 bridgehead atoms. The van der Waals surface area contributed by atoms with Gasteiger partial charge in [-0.1, -0.05) is 6.92 Å². The van der Waals surface area contributed by atoms with Crippen LogP contribution in [0.15, 0.2) is 0 Å². The summed E-state index contributed by atoms with van der Waals surface area (Å²) in [6.45, 7) is 10.4. The molecule has 0 aliphatic carbocycles. The maximum absolute atomic E-state index is 5.21. The first-order valence-corrected chi connectivity index (χ1v) is 7.75. The van der Waals surface area contributed by atoms with Crippen LogP contribution >= 0.6 is 11.3 Å². The molecule has 110 valence electrons. The zero-order valence-corrected chi connectivity index (χ0v) is 13.8. The Balaban J connectivity index is 2.77. The quantitative estimate of drug-likeness (QED) is 0.797. The van der Waals surface area contributed by atoms with Crippen LogP contribution in [0.3, 0.4) is 0 Å². The van der Waals surface area contributed by atoms with Crippen LogP contribution in [0.25, 0.3) is 0 Å². The lowest BCUT2D eigenvalue weighted by atomic mass is 10.2. The summed E-state index contributed by atoms with van der Waals surface area (Å²) in [5.41, 5.74) is 1.13. The van der Waals surface area contributed by atoms with E-state index in [9.17, 15) is 0 Å². The van der Waals surface area contributed by atoms with E-state index in [1.54, 1.807) is 18.4 Å². The number of aromatic nitrogens is 1. The monoisotopic (exact) mass is 285 g/mol. The average Bonchev–Trinajstić information content (AvgIpc) is 2.77. The van der Waals surface area contributed by atoms with Crippen LogP contribution in [0.5, 0.6) is 0 Å². The van der Waals surface area contributed by atoms with Gasteiger partial charge >= 0.3 is 0 Å². The summed E-state index contributed by atoms with van der Waals surface area (Å²) in [6.07, 6.45) is 1.15. The molecule has 1 N–H and O–H groups in total. The van der Waals surface area contributed by atoms with Crippen molar-refractivity contribution in [3.8, 4) is 0 Å². The third-order valence-corrected chi connectivity index (χ3v) is 4.72. The van der Waals surface area contributed by atoms with Crippen molar-refractivity contribution >= 4 is 16.5 Å². The lowest BCUT2D eigenvalue weighted by Crippen LogP contribution is -2.32. The molecule has 1 aromatic rings. The SMILES string of the molecule is CCCNC(C)c1sc(N(C)C(C)COC)nc1C. The fraction of sp³-hybridized carbons (Fsp3) is 0.786. The second-order valence-electron chi connectivity index (χ2n) is 5.04. The minimum atomic E-state index is 0.335. The number of aryl methyl sites for hydroxylation is 1. The van der Waals surface area contributed by atoms with Crippen molar-refractivity contribution in [1.29, 1.82) is 0 Å². The molecule has 2 atom stereocenters. The third-order valence-electron chi connectivity index (χ3n) is 3.29. The molecule has 1 aromatic heterocycles. The minimum Gasteiger partial charge on any atom is -0.383 e. The van der Waals surface area contributed by atoms with Crippen molar-refractivity contribution in [2.24, 2.45) is 0 Å². The van der Waals surface area contributed by atoms with E-state index in [-0.39, 0.29) is 0 Å². The van der Waals surface area contributed by atoms with Crippen LogP contribution in [-0.4, -0.2) is 38.3 Å². The number of thiazole rings is 1. The van der Waals surface area contributed by atoms with E-state index in [0.29, 0.717) is 18.7 Å². The number of anilines is 1. The highest BCUT2D eigenvalue weighted by atomic mass is 32.1. The van der Waals surface area contributed by atoms with Crippen molar-refractivity contribution in [2.45, 2.75) is 46.2 Å². The molecule has 0 spiro atoms. The Labute approximate surface area is 121 Å². The summed E-state index contributed by atoms with van der Waals surface area (Å²) in [5, 5.41) is 4.59. The van der Waals surface area contributed by atoms with Gasteiger partial charge < -0.3 is 15.0 Å². The Hall–Kier alpha value is -0.650. The fourth-order valence-electron chi connectivity index (χ4n) is 1.94. The number of methoxy groups -OCH3 is 1. The van der Waals surface area contributed by atoms with E-state index in [2.05, 4.69) is 45.0 Å². The Morgan fingerprint density at radius 2 is 2.11 bits per heavy atom. The van der Waals surface area contributed by atoms with Crippen molar-refractivity contribution in [3.63, 3.8) is 0 Å². The first kappa shape index (κ1) is 16.4. The second-order valence-corrected chi connectivity index (χ2v) is 6.05. The van der Waals surface area contributed by atoms with E-state index in [1.165, 1.54) is 4.88 Å². The summed E-state index contributed by atoms with van der Waals surface area (Å²) in [5.74, 6) is 0. The molecular formula is C14H27N3OS. The van der Waals surface area contributed by atoms with E-state index in [4.69, 9.17) is 9.72 Å². The van der Waals surface area contributed by atoms with Gasteiger partial charge in [-0.3, -0.25) is 0 Å². The van der Waals surface area contributed by atoms with Gasteiger partial charge in [0, 0.05) is 25.1 Å². The second kappa shape index (κ2) is 7.82. The molecule has 4 nitrogen and oxygen atoms in total. The van der Waals surface area contributed by atoms with Crippen molar-refractivity contribution in [2.75, 3.05) is 32.2 Å². The molecule has 5 heteroatoms. The van der Waals surface area contributed by atoms with Crippen LogP contribution in [0, 0.1) is 6.92 Å². The van der Waals surface area contributed by atoms with E-state index in [0.717, 1.165) is 23.8 Å². The fourth-order valence-corrected chi connectivity index (χ4v) is 3.10. The molecule has 1 rings (SSSR count). The number of likely N-dealkylation sites (N-methyl/N-ethyl adjacent to an activating group) is 1. The molecule has 0 fully saturated rings. The van der Waals surface area contributed by atoms with Gasteiger partial charge in [0.25, 0.3) is 0 Å². The lowest BCUT2D eigenvalue weighted by Gasteiger charge is -2.23. The molecule has 1 heterocycles. The van der Waals surface area contributed by atoms with Gasteiger partial charge in [-0.15, -0.1) is 11.3 Å². The van der Waals surface area contributed by atoms with Gasteiger partial charge in [-0.05, 0) is 33.7 Å². The van der Waals surface area contributed by atoms with Crippen molar-refractivity contribution in [3.05, 3.63) is 10.6 Å². The van der Waals surface area contributed by atoms with E-state index < -0.39 is 0 Å². The third kappa shape index (κ3) is 4.44. The number of rotatable bonds is 8. The van der Waals surface area contributed by atoms with Gasteiger partial charge in [-0.25, -0.2) is 4.98 Å². The summed E-state index contributed by atoms with van der Waals surface area (Å²) < 4.78 is 5.21. The molecule has 0 aliphatic heterocycles. The number of ether oxygens (including phenoxy) is 1. The average molecular weight is 285 g/mol. The summed E-state index contributed by atoms with van der Waals surface area (Å²) in [6, 6.07) is 0.708. The topological polar surface area (TPSA) is 37.4 Å². The first-order valence-electron chi connectivity index (χ1n) is 6.93. The number of hydrogen-bond donors (Lipinski definition) is 1. The Morgan fingerprint density at radius 3 is 2.68 bits per heavy atom. The molecule has 0 amide bonds.